The van der Waals surface area contributed by atoms with Crippen LogP contribution in [-0.4, -0.2) is 4.98 Å². The molecule has 0 saturated heterocycles. The van der Waals surface area contributed by atoms with Crippen LogP contribution in [0.1, 0.15) is 5.56 Å². The van der Waals surface area contributed by atoms with Crippen LogP contribution in [0.15, 0.2) is 47.8 Å². The van der Waals surface area contributed by atoms with Gasteiger partial charge in [-0.25, -0.2) is 0 Å². The lowest BCUT2D eigenvalue weighted by molar-refractivity contribution is 0.476. The minimum Gasteiger partial charge on any atom is -0.455 e. The average Bonchev–Trinajstić information content (AvgIpc) is 2.34. The second-order valence-electron chi connectivity index (χ2n) is 3.43. The van der Waals surface area contributed by atoms with Crippen LogP contribution >= 0.6 is 0 Å². The molecular formula is C12H10N4O. The zero-order chi connectivity index (χ0) is 12.1. The maximum Gasteiger partial charge on any atom is 0.145 e. The van der Waals surface area contributed by atoms with E-state index < -0.39 is 0 Å². The number of ether oxygens (including phenoxy) is 1. The van der Waals surface area contributed by atoms with Crippen molar-refractivity contribution in [2.45, 2.75) is 6.92 Å². The van der Waals surface area contributed by atoms with E-state index in [0.29, 0.717) is 11.4 Å². The number of benzene rings is 1. The van der Waals surface area contributed by atoms with Gasteiger partial charge in [-0.3, -0.25) is 4.98 Å². The number of rotatable bonds is 3. The molecule has 0 amide bonds. The van der Waals surface area contributed by atoms with E-state index in [-0.39, 0.29) is 0 Å². The molecule has 0 N–H and O–H groups in total. The van der Waals surface area contributed by atoms with E-state index in [1.807, 2.05) is 13.0 Å². The van der Waals surface area contributed by atoms with Gasteiger partial charge in [0.2, 0.25) is 0 Å². The van der Waals surface area contributed by atoms with E-state index >= 15 is 0 Å². The number of aryl methyl sites for hydroxylation is 1. The average molecular weight is 226 g/mol. The first-order chi connectivity index (χ1) is 8.29. The van der Waals surface area contributed by atoms with Crippen LogP contribution < -0.4 is 4.74 Å². The molecule has 0 spiro atoms. The topological polar surface area (TPSA) is 70.9 Å². The number of hydrogen-bond donors (Lipinski definition) is 0. The first-order valence-corrected chi connectivity index (χ1v) is 5.03. The van der Waals surface area contributed by atoms with Gasteiger partial charge in [0.05, 0.1) is 6.20 Å². The first-order valence-electron chi connectivity index (χ1n) is 5.03. The molecule has 0 aliphatic rings. The van der Waals surface area contributed by atoms with E-state index in [0.717, 1.165) is 11.3 Å². The van der Waals surface area contributed by atoms with Crippen molar-refractivity contribution in [3.8, 4) is 11.5 Å². The van der Waals surface area contributed by atoms with Crippen molar-refractivity contribution in [2.24, 2.45) is 5.11 Å². The number of nitrogens with zero attached hydrogens (tertiary/aromatic N) is 4. The second-order valence-corrected chi connectivity index (χ2v) is 3.43. The summed E-state index contributed by atoms with van der Waals surface area (Å²) in [5.74, 6) is 1.39. The monoisotopic (exact) mass is 226 g/mol. The molecule has 0 bridgehead atoms. The molecule has 2 aromatic rings. The molecule has 5 heteroatoms. The van der Waals surface area contributed by atoms with Gasteiger partial charge in [0.25, 0.3) is 0 Å². The van der Waals surface area contributed by atoms with Crippen molar-refractivity contribution in [3.63, 3.8) is 0 Å². The van der Waals surface area contributed by atoms with Gasteiger partial charge in [0, 0.05) is 16.8 Å². The zero-order valence-corrected chi connectivity index (χ0v) is 9.24. The summed E-state index contributed by atoms with van der Waals surface area (Å²) in [7, 11) is 0. The van der Waals surface area contributed by atoms with E-state index in [9.17, 15) is 0 Å². The molecule has 0 unspecified atom stereocenters. The molecular weight excluding hydrogens is 216 g/mol. The third-order valence-corrected chi connectivity index (χ3v) is 2.18. The van der Waals surface area contributed by atoms with Gasteiger partial charge in [-0.15, -0.1) is 0 Å². The lowest BCUT2D eigenvalue weighted by Crippen LogP contribution is -1.87. The third-order valence-electron chi connectivity index (χ3n) is 2.18. The van der Waals surface area contributed by atoms with E-state index in [2.05, 4.69) is 15.0 Å². The maximum atomic E-state index is 8.33. The normalized spacial score (nSPS) is 9.47. The van der Waals surface area contributed by atoms with Crippen LogP contribution in [0.25, 0.3) is 10.4 Å². The summed E-state index contributed by atoms with van der Waals surface area (Å²) in [6.45, 7) is 1.89. The van der Waals surface area contributed by atoms with Gasteiger partial charge in [-0.2, -0.15) is 0 Å². The Balaban J connectivity index is 2.25. The predicted octanol–water partition coefficient (Wildman–Crippen LogP) is 4.12. The molecule has 1 aromatic carbocycles. The highest BCUT2D eigenvalue weighted by molar-refractivity contribution is 5.47. The SMILES string of the molecule is Cc1cc(N=[N+]=[N-])ccc1Oc1cccnc1. The summed E-state index contributed by atoms with van der Waals surface area (Å²) in [4.78, 5) is 6.70. The molecule has 0 atom stereocenters. The molecule has 0 radical (unpaired) electrons. The van der Waals surface area contributed by atoms with Crippen molar-refractivity contribution in [1.82, 2.24) is 4.98 Å². The molecule has 1 aromatic heterocycles. The Hall–Kier alpha value is -2.52. The Bertz CT molecular complexity index is 562. The van der Waals surface area contributed by atoms with Crippen molar-refractivity contribution >= 4 is 5.69 Å². The number of azide groups is 1. The van der Waals surface area contributed by atoms with Crippen LogP contribution in [0.5, 0.6) is 11.5 Å². The van der Waals surface area contributed by atoms with Gasteiger partial charge in [-0.05, 0) is 48.4 Å². The van der Waals surface area contributed by atoms with Crippen molar-refractivity contribution < 1.29 is 4.74 Å². The van der Waals surface area contributed by atoms with E-state index in [1.165, 1.54) is 0 Å². The molecule has 0 aliphatic carbocycles. The van der Waals surface area contributed by atoms with Crippen molar-refractivity contribution in [1.29, 1.82) is 0 Å². The smallest absolute Gasteiger partial charge is 0.145 e. The third kappa shape index (κ3) is 2.74. The molecule has 5 nitrogen and oxygen atoms in total. The highest BCUT2D eigenvalue weighted by atomic mass is 16.5. The summed E-state index contributed by atoms with van der Waals surface area (Å²) >= 11 is 0. The first kappa shape index (κ1) is 11.0. The largest absolute Gasteiger partial charge is 0.455 e. The van der Waals surface area contributed by atoms with Gasteiger partial charge >= 0.3 is 0 Å². The zero-order valence-electron chi connectivity index (χ0n) is 9.24. The standard InChI is InChI=1S/C12H10N4O/c1-9-7-10(15-16-13)4-5-12(9)17-11-3-2-6-14-8-11/h2-8H,1H3. The number of aromatic nitrogens is 1. The van der Waals surface area contributed by atoms with Gasteiger partial charge in [0.15, 0.2) is 0 Å². The highest BCUT2D eigenvalue weighted by Gasteiger charge is 2.01. The summed E-state index contributed by atoms with van der Waals surface area (Å²) in [6, 6.07) is 8.88. The fraction of sp³-hybridized carbons (Fsp3) is 0.0833. The quantitative estimate of drug-likeness (QED) is 0.448. The van der Waals surface area contributed by atoms with Crippen LogP contribution in [-0.2, 0) is 0 Å². The summed E-state index contributed by atoms with van der Waals surface area (Å²) < 4.78 is 5.64. The minimum absolute atomic E-state index is 0.573. The Morgan fingerprint density at radius 2 is 2.24 bits per heavy atom. The second kappa shape index (κ2) is 5.01. The molecule has 0 saturated carbocycles. The summed E-state index contributed by atoms with van der Waals surface area (Å²) in [6.07, 6.45) is 3.32. The fourth-order valence-electron chi connectivity index (χ4n) is 1.40. The van der Waals surface area contributed by atoms with Crippen molar-refractivity contribution in [3.05, 3.63) is 58.7 Å². The van der Waals surface area contributed by atoms with Crippen LogP contribution in [0, 0.1) is 6.92 Å². The van der Waals surface area contributed by atoms with Crippen molar-refractivity contribution in [2.75, 3.05) is 0 Å². The Morgan fingerprint density at radius 3 is 2.88 bits per heavy atom. The number of pyridine rings is 1. The van der Waals surface area contributed by atoms with Gasteiger partial charge in [-0.1, -0.05) is 5.11 Å². The lowest BCUT2D eigenvalue weighted by Gasteiger charge is -2.08. The molecule has 1 heterocycles. The molecule has 84 valence electrons. The molecule has 17 heavy (non-hydrogen) atoms. The Morgan fingerprint density at radius 1 is 1.35 bits per heavy atom. The van der Waals surface area contributed by atoms with Crippen LogP contribution in [0.3, 0.4) is 0 Å². The van der Waals surface area contributed by atoms with Gasteiger partial charge in [0.1, 0.15) is 11.5 Å². The minimum atomic E-state index is 0.573. The summed E-state index contributed by atoms with van der Waals surface area (Å²) in [5.41, 5.74) is 9.81. The number of hydrogen-bond acceptors (Lipinski definition) is 3. The summed E-state index contributed by atoms with van der Waals surface area (Å²) in [5, 5.41) is 3.53. The van der Waals surface area contributed by atoms with Gasteiger partial charge < -0.3 is 4.74 Å². The van der Waals surface area contributed by atoms with Crippen LogP contribution in [0.4, 0.5) is 5.69 Å². The maximum absolute atomic E-state index is 8.33. The Labute approximate surface area is 98.3 Å². The van der Waals surface area contributed by atoms with E-state index in [4.69, 9.17) is 10.3 Å². The fourth-order valence-corrected chi connectivity index (χ4v) is 1.40. The molecule has 0 aliphatic heterocycles. The Kier molecular flexibility index (Phi) is 3.23. The molecule has 0 fully saturated rings. The molecule has 2 rings (SSSR count). The van der Waals surface area contributed by atoms with Crippen LogP contribution in [0.2, 0.25) is 0 Å². The highest BCUT2D eigenvalue weighted by Crippen LogP contribution is 2.27. The predicted molar refractivity (Wildman–Crippen MR) is 64.3 cm³/mol. The van der Waals surface area contributed by atoms with E-state index in [1.54, 1.807) is 36.7 Å². The lowest BCUT2D eigenvalue weighted by atomic mass is 10.2.